The smallest absolute Gasteiger partial charge is 0.137 e. The minimum Gasteiger partial charge on any atom is -0.388 e. The highest BCUT2D eigenvalue weighted by atomic mass is 32.1. The van der Waals surface area contributed by atoms with Crippen LogP contribution < -0.4 is 0 Å². The highest BCUT2D eigenvalue weighted by Crippen LogP contribution is 2.26. The molecule has 1 saturated heterocycles. The van der Waals surface area contributed by atoms with E-state index in [0.29, 0.717) is 13.0 Å². The minimum atomic E-state index is -0.430. The lowest BCUT2D eigenvalue weighted by Gasteiger charge is -2.36. The maximum absolute atomic E-state index is 10.5. The van der Waals surface area contributed by atoms with Crippen LogP contribution in [0.4, 0.5) is 0 Å². The number of hydrogen-bond donors (Lipinski definition) is 1. The fourth-order valence-corrected chi connectivity index (χ4v) is 3.97. The maximum Gasteiger partial charge on any atom is 0.137 e. The number of pyridine rings is 1. The van der Waals surface area contributed by atoms with E-state index in [4.69, 9.17) is 9.72 Å². The van der Waals surface area contributed by atoms with Gasteiger partial charge in [-0.1, -0.05) is 12.1 Å². The van der Waals surface area contributed by atoms with Crippen LogP contribution in [0.5, 0.6) is 0 Å². The van der Waals surface area contributed by atoms with E-state index in [-0.39, 0.29) is 6.04 Å². The van der Waals surface area contributed by atoms with Gasteiger partial charge in [0.1, 0.15) is 5.65 Å². The molecule has 2 unspecified atom stereocenters. The van der Waals surface area contributed by atoms with Crippen molar-refractivity contribution >= 4 is 17.0 Å². The van der Waals surface area contributed by atoms with Crippen molar-refractivity contribution in [1.82, 2.24) is 14.3 Å². The molecule has 0 aliphatic carbocycles. The highest BCUT2D eigenvalue weighted by molar-refractivity contribution is 7.10. The Morgan fingerprint density at radius 3 is 3.12 bits per heavy atom. The summed E-state index contributed by atoms with van der Waals surface area (Å²) < 4.78 is 7.70. The van der Waals surface area contributed by atoms with E-state index in [0.717, 1.165) is 35.9 Å². The Labute approximate surface area is 145 Å². The number of morpholine rings is 1. The molecule has 6 heteroatoms. The number of hydrogen-bond acceptors (Lipinski definition) is 5. The molecular formula is C18H21N3O2S. The van der Waals surface area contributed by atoms with Crippen LogP contribution in [-0.4, -0.2) is 45.2 Å². The summed E-state index contributed by atoms with van der Waals surface area (Å²) in [4.78, 5) is 8.09. The number of thiophene rings is 1. The molecule has 5 nitrogen and oxygen atoms in total. The van der Waals surface area contributed by atoms with Crippen LogP contribution in [0.3, 0.4) is 0 Å². The van der Waals surface area contributed by atoms with Crippen molar-refractivity contribution in [1.29, 1.82) is 0 Å². The number of aliphatic hydroxyl groups is 1. The first-order valence-electron chi connectivity index (χ1n) is 8.25. The van der Waals surface area contributed by atoms with Gasteiger partial charge in [-0.25, -0.2) is 4.98 Å². The summed E-state index contributed by atoms with van der Waals surface area (Å²) in [5.74, 6) is 0. The molecule has 3 aromatic heterocycles. The van der Waals surface area contributed by atoms with Crippen LogP contribution in [-0.2, 0) is 11.3 Å². The molecule has 4 rings (SSSR count). The van der Waals surface area contributed by atoms with Crippen LogP contribution >= 0.6 is 11.3 Å². The number of aliphatic hydroxyl groups excluding tert-OH is 1. The molecule has 4 heterocycles. The fraction of sp³-hybridized carbons (Fsp3) is 0.389. The van der Waals surface area contributed by atoms with Crippen molar-refractivity contribution in [3.05, 3.63) is 58.7 Å². The Bertz CT molecular complexity index is 754. The summed E-state index contributed by atoms with van der Waals surface area (Å²) in [6.07, 6.45) is 4.36. The number of aromatic nitrogens is 2. The van der Waals surface area contributed by atoms with Crippen molar-refractivity contribution in [2.45, 2.75) is 25.1 Å². The summed E-state index contributed by atoms with van der Waals surface area (Å²) in [5.41, 5.74) is 2.02. The second-order valence-corrected chi connectivity index (χ2v) is 7.14. The Hall–Kier alpha value is -1.73. The summed E-state index contributed by atoms with van der Waals surface area (Å²) >= 11 is 1.60. The Morgan fingerprint density at radius 1 is 1.33 bits per heavy atom. The molecule has 0 spiro atoms. The molecular weight excluding hydrogens is 322 g/mol. The van der Waals surface area contributed by atoms with Crippen LogP contribution in [0.25, 0.3) is 5.65 Å². The molecule has 1 fully saturated rings. The first-order chi connectivity index (χ1) is 11.8. The van der Waals surface area contributed by atoms with E-state index in [1.54, 1.807) is 11.3 Å². The Morgan fingerprint density at radius 2 is 2.29 bits per heavy atom. The predicted molar refractivity (Wildman–Crippen MR) is 94.1 cm³/mol. The minimum absolute atomic E-state index is 0.209. The van der Waals surface area contributed by atoms with Gasteiger partial charge in [-0.05, 0) is 30.0 Å². The molecule has 0 amide bonds. The predicted octanol–water partition coefficient (Wildman–Crippen LogP) is 2.72. The van der Waals surface area contributed by atoms with Crippen molar-refractivity contribution in [2.24, 2.45) is 0 Å². The largest absolute Gasteiger partial charge is 0.388 e. The topological polar surface area (TPSA) is 50.0 Å². The van der Waals surface area contributed by atoms with Crippen molar-refractivity contribution in [3.8, 4) is 0 Å². The van der Waals surface area contributed by atoms with Crippen molar-refractivity contribution in [3.63, 3.8) is 0 Å². The molecule has 126 valence electrons. The molecule has 2 atom stereocenters. The van der Waals surface area contributed by atoms with E-state index in [2.05, 4.69) is 11.1 Å². The molecule has 24 heavy (non-hydrogen) atoms. The molecule has 0 saturated carbocycles. The normalized spacial score (nSPS) is 20.5. The maximum atomic E-state index is 10.5. The second-order valence-electron chi connectivity index (χ2n) is 6.16. The molecule has 1 aliphatic rings. The first kappa shape index (κ1) is 15.8. The average Bonchev–Trinajstić information content (AvgIpc) is 3.25. The molecule has 0 bridgehead atoms. The second kappa shape index (κ2) is 7.03. The molecule has 0 radical (unpaired) electrons. The van der Waals surface area contributed by atoms with Crippen LogP contribution in [0.2, 0.25) is 0 Å². The van der Waals surface area contributed by atoms with Gasteiger partial charge < -0.3 is 14.2 Å². The van der Waals surface area contributed by atoms with E-state index >= 15 is 0 Å². The van der Waals surface area contributed by atoms with Gasteiger partial charge in [-0.3, -0.25) is 4.90 Å². The standard InChI is InChI=1S/C18H21N3O2S/c22-16(17-4-3-9-24-17)10-15-13-23-8-7-20(15)11-14-12-21-6-2-1-5-18(21)19-14/h1-6,9,12,15-16,22H,7-8,10-11,13H2. The summed E-state index contributed by atoms with van der Waals surface area (Å²) in [6.45, 7) is 3.05. The zero-order chi connectivity index (χ0) is 16.4. The SMILES string of the molecule is OC(CC1COCCN1Cc1cn2ccccc2n1)c1cccs1. The van der Waals surface area contributed by atoms with Gasteiger partial charge in [-0.2, -0.15) is 0 Å². The van der Waals surface area contributed by atoms with E-state index < -0.39 is 6.10 Å². The summed E-state index contributed by atoms with van der Waals surface area (Å²) in [6, 6.07) is 10.2. The number of nitrogens with zero attached hydrogens (tertiary/aromatic N) is 3. The summed E-state index contributed by atoms with van der Waals surface area (Å²) in [5, 5.41) is 12.5. The van der Waals surface area contributed by atoms with Crippen LogP contribution in [0, 0.1) is 0 Å². The van der Waals surface area contributed by atoms with Gasteiger partial charge >= 0.3 is 0 Å². The quantitative estimate of drug-likeness (QED) is 0.774. The third-order valence-corrected chi connectivity index (χ3v) is 5.47. The lowest BCUT2D eigenvalue weighted by Crippen LogP contribution is -2.45. The molecule has 1 N–H and O–H groups in total. The zero-order valence-electron chi connectivity index (χ0n) is 13.4. The van der Waals surface area contributed by atoms with Gasteiger partial charge in [0, 0.05) is 36.4 Å². The number of imidazole rings is 1. The molecule has 0 aromatic carbocycles. The fourth-order valence-electron chi connectivity index (χ4n) is 3.24. The van der Waals surface area contributed by atoms with E-state index in [9.17, 15) is 5.11 Å². The lowest BCUT2D eigenvalue weighted by atomic mass is 10.1. The summed E-state index contributed by atoms with van der Waals surface area (Å²) in [7, 11) is 0. The molecule has 1 aliphatic heterocycles. The number of rotatable bonds is 5. The van der Waals surface area contributed by atoms with E-state index in [1.807, 2.05) is 46.3 Å². The van der Waals surface area contributed by atoms with Gasteiger partial charge in [0.15, 0.2) is 0 Å². The zero-order valence-corrected chi connectivity index (χ0v) is 14.2. The highest BCUT2D eigenvalue weighted by Gasteiger charge is 2.27. The average molecular weight is 343 g/mol. The lowest BCUT2D eigenvalue weighted by molar-refractivity contribution is -0.0300. The van der Waals surface area contributed by atoms with Gasteiger partial charge in [0.05, 0.1) is 25.0 Å². The van der Waals surface area contributed by atoms with Gasteiger partial charge in [0.2, 0.25) is 0 Å². The molecule has 3 aromatic rings. The monoisotopic (exact) mass is 343 g/mol. The number of fused-ring (bicyclic) bond motifs is 1. The third-order valence-electron chi connectivity index (χ3n) is 4.50. The first-order valence-corrected chi connectivity index (χ1v) is 9.13. The van der Waals surface area contributed by atoms with E-state index in [1.165, 1.54) is 0 Å². The van der Waals surface area contributed by atoms with Crippen LogP contribution in [0.15, 0.2) is 48.1 Å². The van der Waals surface area contributed by atoms with Crippen molar-refractivity contribution < 1.29 is 9.84 Å². The third kappa shape index (κ3) is 3.37. The van der Waals surface area contributed by atoms with Crippen LogP contribution in [0.1, 0.15) is 23.1 Å². The van der Waals surface area contributed by atoms with Gasteiger partial charge in [-0.15, -0.1) is 11.3 Å². The number of ether oxygens (including phenoxy) is 1. The Kier molecular flexibility index (Phi) is 4.62. The van der Waals surface area contributed by atoms with Gasteiger partial charge in [0.25, 0.3) is 0 Å². The Balaban J connectivity index is 1.47. The van der Waals surface area contributed by atoms with Crippen molar-refractivity contribution in [2.75, 3.05) is 19.8 Å².